The van der Waals surface area contributed by atoms with Crippen LogP contribution < -0.4 is 5.32 Å². The molecule has 6 nitrogen and oxygen atoms in total. The highest BCUT2D eigenvalue weighted by atomic mass is 16.3. The van der Waals surface area contributed by atoms with Gasteiger partial charge in [0.15, 0.2) is 5.76 Å². The summed E-state index contributed by atoms with van der Waals surface area (Å²) in [4.78, 5) is 25.1. The summed E-state index contributed by atoms with van der Waals surface area (Å²) in [5.74, 6) is 0.337. The molecule has 0 radical (unpaired) electrons. The molecule has 2 unspecified atom stereocenters. The minimum Gasteiger partial charge on any atom is -0.459 e. The normalized spacial score (nSPS) is 21.2. The SMILES string of the molecule is CN(CC(=O)NCC1CCCC1CO)C(=O)c1ccco1. The lowest BCUT2D eigenvalue weighted by Crippen LogP contribution is -2.40. The molecule has 116 valence electrons. The molecule has 21 heavy (non-hydrogen) atoms. The molecule has 2 rings (SSSR count). The molecular formula is C15H22N2O4. The molecule has 2 N–H and O–H groups in total. The summed E-state index contributed by atoms with van der Waals surface area (Å²) in [6.07, 6.45) is 4.58. The van der Waals surface area contributed by atoms with Crippen LogP contribution in [-0.2, 0) is 4.79 Å². The van der Waals surface area contributed by atoms with E-state index in [0.29, 0.717) is 12.5 Å². The maximum atomic E-state index is 11.9. The van der Waals surface area contributed by atoms with Crippen LogP contribution in [0.25, 0.3) is 0 Å². The third-order valence-corrected chi connectivity index (χ3v) is 4.07. The van der Waals surface area contributed by atoms with Crippen molar-refractivity contribution < 1.29 is 19.1 Å². The van der Waals surface area contributed by atoms with Gasteiger partial charge in [0.05, 0.1) is 12.8 Å². The fourth-order valence-corrected chi connectivity index (χ4v) is 2.80. The Morgan fingerprint density at radius 1 is 1.43 bits per heavy atom. The lowest BCUT2D eigenvalue weighted by molar-refractivity contribution is -0.121. The summed E-state index contributed by atoms with van der Waals surface area (Å²) in [6, 6.07) is 3.21. The summed E-state index contributed by atoms with van der Waals surface area (Å²) in [5.41, 5.74) is 0. The zero-order chi connectivity index (χ0) is 15.2. The number of aliphatic hydroxyl groups excluding tert-OH is 1. The standard InChI is InChI=1S/C15H22N2O4/c1-17(15(20)13-6-3-7-21-13)9-14(19)16-8-11-4-2-5-12(11)10-18/h3,6-7,11-12,18H,2,4-5,8-10H2,1H3,(H,16,19). The Hall–Kier alpha value is -1.82. The van der Waals surface area contributed by atoms with Crippen molar-refractivity contribution in [1.29, 1.82) is 0 Å². The number of nitrogens with one attached hydrogen (secondary N) is 1. The molecule has 1 fully saturated rings. The molecule has 2 amide bonds. The van der Waals surface area contributed by atoms with Crippen LogP contribution in [0.15, 0.2) is 22.8 Å². The maximum absolute atomic E-state index is 11.9. The highest BCUT2D eigenvalue weighted by molar-refractivity contribution is 5.94. The van der Waals surface area contributed by atoms with E-state index in [1.54, 1.807) is 19.2 Å². The molecule has 2 atom stereocenters. The minimum absolute atomic E-state index is 0.00392. The number of hydrogen-bond donors (Lipinski definition) is 2. The second kappa shape index (κ2) is 7.26. The zero-order valence-corrected chi connectivity index (χ0v) is 12.2. The van der Waals surface area contributed by atoms with Gasteiger partial charge < -0.3 is 19.7 Å². The molecule has 1 heterocycles. The van der Waals surface area contributed by atoms with Crippen LogP contribution in [0.1, 0.15) is 29.8 Å². The molecule has 1 aliphatic rings. The molecule has 0 spiro atoms. The molecule has 1 saturated carbocycles. The predicted octanol–water partition coefficient (Wildman–Crippen LogP) is 0.876. The van der Waals surface area contributed by atoms with Crippen molar-refractivity contribution in [3.8, 4) is 0 Å². The van der Waals surface area contributed by atoms with Crippen molar-refractivity contribution >= 4 is 11.8 Å². The second-order valence-electron chi connectivity index (χ2n) is 5.58. The van der Waals surface area contributed by atoms with Gasteiger partial charge in [-0.05, 0) is 36.8 Å². The molecular weight excluding hydrogens is 272 g/mol. The number of nitrogens with zero attached hydrogens (tertiary/aromatic N) is 1. The van der Waals surface area contributed by atoms with Gasteiger partial charge in [0.25, 0.3) is 5.91 Å². The van der Waals surface area contributed by atoms with E-state index in [9.17, 15) is 14.7 Å². The number of rotatable bonds is 6. The molecule has 6 heteroatoms. The summed E-state index contributed by atoms with van der Waals surface area (Å²) in [6.45, 7) is 0.736. The van der Waals surface area contributed by atoms with E-state index >= 15 is 0 Å². The zero-order valence-electron chi connectivity index (χ0n) is 12.2. The first-order valence-electron chi connectivity index (χ1n) is 7.28. The van der Waals surface area contributed by atoms with Crippen LogP contribution in [0.5, 0.6) is 0 Å². The van der Waals surface area contributed by atoms with E-state index < -0.39 is 0 Å². The topological polar surface area (TPSA) is 82.8 Å². The van der Waals surface area contributed by atoms with Crippen molar-refractivity contribution in [2.24, 2.45) is 11.8 Å². The van der Waals surface area contributed by atoms with Crippen LogP contribution in [-0.4, -0.2) is 48.6 Å². The van der Waals surface area contributed by atoms with E-state index in [2.05, 4.69) is 5.32 Å². The highest BCUT2D eigenvalue weighted by Gasteiger charge is 2.27. The Morgan fingerprint density at radius 3 is 2.86 bits per heavy atom. The first-order valence-corrected chi connectivity index (χ1v) is 7.28. The van der Waals surface area contributed by atoms with Gasteiger partial charge in [0.1, 0.15) is 0 Å². The van der Waals surface area contributed by atoms with E-state index in [4.69, 9.17) is 4.42 Å². The highest BCUT2D eigenvalue weighted by Crippen LogP contribution is 2.30. The average Bonchev–Trinajstić information content (AvgIpc) is 3.14. The fraction of sp³-hybridized carbons (Fsp3) is 0.600. The van der Waals surface area contributed by atoms with E-state index in [1.807, 2.05) is 0 Å². The van der Waals surface area contributed by atoms with Crippen LogP contribution in [0, 0.1) is 11.8 Å². The number of hydrogen-bond acceptors (Lipinski definition) is 4. The van der Waals surface area contributed by atoms with E-state index in [1.165, 1.54) is 11.2 Å². The van der Waals surface area contributed by atoms with Crippen LogP contribution >= 0.6 is 0 Å². The average molecular weight is 294 g/mol. The molecule has 0 bridgehead atoms. The van der Waals surface area contributed by atoms with Gasteiger partial charge in [-0.2, -0.15) is 0 Å². The van der Waals surface area contributed by atoms with Crippen molar-refractivity contribution in [1.82, 2.24) is 10.2 Å². The van der Waals surface area contributed by atoms with Gasteiger partial charge in [0, 0.05) is 20.2 Å². The molecule has 1 aromatic heterocycles. The first kappa shape index (κ1) is 15.6. The van der Waals surface area contributed by atoms with Gasteiger partial charge in [-0.15, -0.1) is 0 Å². The lowest BCUT2D eigenvalue weighted by atomic mass is 9.97. The Kier molecular flexibility index (Phi) is 5.38. The lowest BCUT2D eigenvalue weighted by Gasteiger charge is -2.19. The number of carbonyl (C=O) groups excluding carboxylic acids is 2. The minimum atomic E-state index is -0.316. The Labute approximate surface area is 124 Å². The van der Waals surface area contributed by atoms with Crippen molar-refractivity contribution in [3.05, 3.63) is 24.2 Å². The number of aliphatic hydroxyl groups is 1. The molecule has 1 aliphatic carbocycles. The van der Waals surface area contributed by atoms with E-state index in [-0.39, 0.29) is 36.6 Å². The smallest absolute Gasteiger partial charge is 0.289 e. The largest absolute Gasteiger partial charge is 0.459 e. The molecule has 0 aliphatic heterocycles. The summed E-state index contributed by atoms with van der Waals surface area (Å²) < 4.78 is 5.02. The van der Waals surface area contributed by atoms with Gasteiger partial charge in [-0.25, -0.2) is 0 Å². The van der Waals surface area contributed by atoms with Crippen LogP contribution in [0.3, 0.4) is 0 Å². The summed E-state index contributed by atoms with van der Waals surface area (Å²) in [5, 5.41) is 12.1. The number of carbonyl (C=O) groups is 2. The Morgan fingerprint density at radius 2 is 2.19 bits per heavy atom. The molecule has 0 saturated heterocycles. The number of likely N-dealkylation sites (N-methyl/N-ethyl adjacent to an activating group) is 1. The van der Waals surface area contributed by atoms with Gasteiger partial charge in [-0.1, -0.05) is 6.42 Å². The number of amides is 2. The third kappa shape index (κ3) is 4.07. The van der Waals surface area contributed by atoms with Gasteiger partial charge >= 0.3 is 0 Å². The second-order valence-corrected chi connectivity index (χ2v) is 5.58. The van der Waals surface area contributed by atoms with Gasteiger partial charge in [-0.3, -0.25) is 9.59 Å². The van der Waals surface area contributed by atoms with Crippen LogP contribution in [0.4, 0.5) is 0 Å². The van der Waals surface area contributed by atoms with Crippen molar-refractivity contribution in [3.63, 3.8) is 0 Å². The van der Waals surface area contributed by atoms with E-state index in [0.717, 1.165) is 19.3 Å². The van der Waals surface area contributed by atoms with Gasteiger partial charge in [0.2, 0.25) is 5.91 Å². The third-order valence-electron chi connectivity index (χ3n) is 4.07. The van der Waals surface area contributed by atoms with Crippen molar-refractivity contribution in [2.45, 2.75) is 19.3 Å². The Balaban J connectivity index is 1.75. The van der Waals surface area contributed by atoms with Crippen molar-refractivity contribution in [2.75, 3.05) is 26.7 Å². The predicted molar refractivity (Wildman–Crippen MR) is 76.6 cm³/mol. The number of furan rings is 1. The fourth-order valence-electron chi connectivity index (χ4n) is 2.80. The van der Waals surface area contributed by atoms with Crippen LogP contribution in [0.2, 0.25) is 0 Å². The first-order chi connectivity index (χ1) is 10.1. The molecule has 1 aromatic rings. The monoisotopic (exact) mass is 294 g/mol. The summed E-state index contributed by atoms with van der Waals surface area (Å²) in [7, 11) is 1.57. The quantitative estimate of drug-likeness (QED) is 0.816. The Bertz CT molecular complexity index is 472. The maximum Gasteiger partial charge on any atom is 0.289 e. The summed E-state index contributed by atoms with van der Waals surface area (Å²) >= 11 is 0. The molecule has 0 aromatic carbocycles.